The predicted octanol–water partition coefficient (Wildman–Crippen LogP) is 3.38. The first kappa shape index (κ1) is 17.4. The SMILES string of the molecule is O=C(NNC(=O)C12C[C@H]3C[C@@H](C1)CC(c1ccccc1)(C3)C2)c1ccncc1. The van der Waals surface area contributed by atoms with Crippen LogP contribution in [0.25, 0.3) is 0 Å². The summed E-state index contributed by atoms with van der Waals surface area (Å²) >= 11 is 0. The molecule has 5 nitrogen and oxygen atoms in total. The van der Waals surface area contributed by atoms with Crippen LogP contribution in [0.15, 0.2) is 54.9 Å². The number of benzene rings is 1. The van der Waals surface area contributed by atoms with Crippen molar-refractivity contribution in [2.75, 3.05) is 0 Å². The predicted molar refractivity (Wildman–Crippen MR) is 105 cm³/mol. The molecule has 1 heterocycles. The minimum atomic E-state index is -0.370. The molecule has 4 atom stereocenters. The van der Waals surface area contributed by atoms with Crippen molar-refractivity contribution in [3.05, 3.63) is 66.0 Å². The summed E-state index contributed by atoms with van der Waals surface area (Å²) in [6, 6.07) is 14.0. The molecule has 4 bridgehead atoms. The molecule has 4 fully saturated rings. The fraction of sp³-hybridized carbons (Fsp3) is 0.435. The molecule has 2 N–H and O–H groups in total. The van der Waals surface area contributed by atoms with Gasteiger partial charge >= 0.3 is 0 Å². The van der Waals surface area contributed by atoms with Gasteiger partial charge in [-0.3, -0.25) is 25.4 Å². The van der Waals surface area contributed by atoms with E-state index in [9.17, 15) is 9.59 Å². The number of aromatic nitrogens is 1. The van der Waals surface area contributed by atoms with Crippen LogP contribution in [0.3, 0.4) is 0 Å². The van der Waals surface area contributed by atoms with Gasteiger partial charge in [0.1, 0.15) is 0 Å². The minimum absolute atomic E-state index is 0.0238. The monoisotopic (exact) mass is 375 g/mol. The molecule has 4 aliphatic carbocycles. The Morgan fingerprint density at radius 3 is 2.25 bits per heavy atom. The highest BCUT2D eigenvalue weighted by Gasteiger charge is 2.60. The van der Waals surface area contributed by atoms with E-state index >= 15 is 0 Å². The van der Waals surface area contributed by atoms with E-state index in [0.29, 0.717) is 17.4 Å². The van der Waals surface area contributed by atoms with Gasteiger partial charge in [0.2, 0.25) is 5.91 Å². The summed E-state index contributed by atoms with van der Waals surface area (Å²) in [6.45, 7) is 0. The third kappa shape index (κ3) is 2.81. The zero-order valence-corrected chi connectivity index (χ0v) is 15.9. The third-order valence-corrected chi connectivity index (χ3v) is 7.16. The molecular formula is C23H25N3O2. The van der Waals surface area contributed by atoms with Crippen molar-refractivity contribution in [2.24, 2.45) is 17.3 Å². The second-order valence-corrected chi connectivity index (χ2v) is 9.03. The lowest BCUT2D eigenvalue weighted by Gasteiger charge is -2.61. The Labute approximate surface area is 164 Å². The van der Waals surface area contributed by atoms with Gasteiger partial charge in [-0.05, 0) is 73.5 Å². The van der Waals surface area contributed by atoms with Gasteiger partial charge in [-0.25, -0.2) is 0 Å². The molecule has 0 aliphatic heterocycles. The summed E-state index contributed by atoms with van der Waals surface area (Å²) in [7, 11) is 0. The standard InChI is InChI=1S/C23H25N3O2/c27-20(18-6-8-24-9-7-18)25-26-21(28)23-13-16-10-17(14-23)12-22(11-16,15-23)19-4-2-1-3-5-19/h1-9,16-17H,10-15H2,(H,25,27)(H,26,28)/t16-,17+,22?,23?. The van der Waals surface area contributed by atoms with Crippen molar-refractivity contribution < 1.29 is 9.59 Å². The molecule has 1 aromatic heterocycles. The van der Waals surface area contributed by atoms with Crippen LogP contribution in [-0.4, -0.2) is 16.8 Å². The number of rotatable bonds is 3. The number of hydrazine groups is 1. The molecule has 4 saturated carbocycles. The van der Waals surface area contributed by atoms with E-state index in [0.717, 1.165) is 19.3 Å². The Bertz CT molecular complexity index is 883. The molecule has 144 valence electrons. The van der Waals surface area contributed by atoms with Gasteiger partial charge in [-0.1, -0.05) is 30.3 Å². The maximum absolute atomic E-state index is 13.3. The summed E-state index contributed by atoms with van der Waals surface area (Å²) in [6.07, 6.45) is 9.52. The van der Waals surface area contributed by atoms with Crippen LogP contribution in [0.1, 0.15) is 54.4 Å². The van der Waals surface area contributed by atoms with Crippen molar-refractivity contribution in [1.82, 2.24) is 15.8 Å². The highest BCUT2D eigenvalue weighted by atomic mass is 16.2. The van der Waals surface area contributed by atoms with E-state index in [1.54, 1.807) is 24.5 Å². The van der Waals surface area contributed by atoms with Crippen LogP contribution in [-0.2, 0) is 10.2 Å². The molecule has 4 aliphatic rings. The van der Waals surface area contributed by atoms with Crippen molar-refractivity contribution in [3.63, 3.8) is 0 Å². The molecule has 28 heavy (non-hydrogen) atoms. The second-order valence-electron chi connectivity index (χ2n) is 9.03. The van der Waals surface area contributed by atoms with Gasteiger partial charge in [0.05, 0.1) is 5.41 Å². The third-order valence-electron chi connectivity index (χ3n) is 7.16. The van der Waals surface area contributed by atoms with E-state index in [4.69, 9.17) is 0 Å². The second kappa shape index (κ2) is 6.43. The Morgan fingerprint density at radius 2 is 1.57 bits per heavy atom. The number of amides is 2. The molecule has 0 radical (unpaired) electrons. The van der Waals surface area contributed by atoms with Gasteiger partial charge in [0.25, 0.3) is 5.91 Å². The number of hydrogen-bond acceptors (Lipinski definition) is 3. The van der Waals surface area contributed by atoms with Gasteiger partial charge in [-0.2, -0.15) is 0 Å². The van der Waals surface area contributed by atoms with E-state index < -0.39 is 0 Å². The van der Waals surface area contributed by atoms with E-state index in [1.165, 1.54) is 24.8 Å². The number of nitrogens with zero attached hydrogens (tertiary/aromatic N) is 1. The molecule has 0 saturated heterocycles. The van der Waals surface area contributed by atoms with Crippen LogP contribution < -0.4 is 10.9 Å². The summed E-state index contributed by atoms with van der Waals surface area (Å²) in [5.41, 5.74) is 6.96. The number of hydrogen-bond donors (Lipinski definition) is 2. The summed E-state index contributed by atoms with van der Waals surface area (Å²) < 4.78 is 0. The average Bonchev–Trinajstić information content (AvgIpc) is 2.72. The number of carbonyl (C=O) groups is 2. The van der Waals surface area contributed by atoms with Crippen molar-refractivity contribution in [1.29, 1.82) is 0 Å². The highest BCUT2D eigenvalue weighted by molar-refractivity contribution is 5.95. The van der Waals surface area contributed by atoms with Crippen LogP contribution in [0.2, 0.25) is 0 Å². The van der Waals surface area contributed by atoms with Crippen LogP contribution in [0.4, 0.5) is 0 Å². The molecule has 2 aromatic rings. The van der Waals surface area contributed by atoms with Crippen molar-refractivity contribution in [2.45, 2.75) is 43.9 Å². The number of pyridine rings is 1. The Balaban J connectivity index is 1.36. The first-order valence-electron chi connectivity index (χ1n) is 10.2. The van der Waals surface area contributed by atoms with E-state index in [2.05, 4.69) is 46.2 Å². The highest BCUT2D eigenvalue weighted by Crippen LogP contribution is 2.65. The van der Waals surface area contributed by atoms with Gasteiger partial charge in [-0.15, -0.1) is 0 Å². The average molecular weight is 375 g/mol. The molecule has 5 heteroatoms. The lowest BCUT2D eigenvalue weighted by Crippen LogP contribution is -2.60. The lowest BCUT2D eigenvalue weighted by atomic mass is 9.42. The fourth-order valence-corrected chi connectivity index (χ4v) is 6.48. The molecule has 1 aromatic carbocycles. The van der Waals surface area contributed by atoms with Crippen LogP contribution in [0, 0.1) is 17.3 Å². The minimum Gasteiger partial charge on any atom is -0.273 e. The largest absolute Gasteiger partial charge is 0.273 e. The summed E-state index contributed by atoms with van der Waals surface area (Å²) in [5.74, 6) is 0.869. The van der Waals surface area contributed by atoms with Gasteiger partial charge in [0.15, 0.2) is 0 Å². The van der Waals surface area contributed by atoms with Crippen molar-refractivity contribution in [3.8, 4) is 0 Å². The maximum atomic E-state index is 13.3. The fourth-order valence-electron chi connectivity index (χ4n) is 6.48. The molecule has 6 rings (SSSR count). The Morgan fingerprint density at radius 1 is 0.893 bits per heavy atom. The van der Waals surface area contributed by atoms with Crippen LogP contribution in [0.5, 0.6) is 0 Å². The molecule has 2 amide bonds. The van der Waals surface area contributed by atoms with E-state index in [1.807, 2.05) is 0 Å². The normalized spacial score (nSPS) is 32.7. The Kier molecular flexibility index (Phi) is 4.00. The number of nitrogens with one attached hydrogen (secondary N) is 2. The smallest absolute Gasteiger partial charge is 0.269 e. The maximum Gasteiger partial charge on any atom is 0.269 e. The summed E-state index contributed by atoms with van der Waals surface area (Å²) in [4.78, 5) is 29.5. The van der Waals surface area contributed by atoms with Gasteiger partial charge < -0.3 is 0 Å². The Hall–Kier alpha value is -2.69. The molecular weight excluding hydrogens is 350 g/mol. The zero-order chi connectivity index (χ0) is 19.2. The molecule has 2 unspecified atom stereocenters. The quantitative estimate of drug-likeness (QED) is 0.808. The molecule has 0 spiro atoms. The number of carbonyl (C=O) groups excluding carboxylic acids is 2. The van der Waals surface area contributed by atoms with E-state index in [-0.39, 0.29) is 22.6 Å². The lowest BCUT2D eigenvalue weighted by molar-refractivity contribution is -0.149. The van der Waals surface area contributed by atoms with Crippen LogP contribution >= 0.6 is 0 Å². The summed E-state index contributed by atoms with van der Waals surface area (Å²) in [5, 5.41) is 0. The van der Waals surface area contributed by atoms with Gasteiger partial charge in [0, 0.05) is 18.0 Å². The first-order chi connectivity index (χ1) is 13.6. The topological polar surface area (TPSA) is 71.1 Å². The first-order valence-corrected chi connectivity index (χ1v) is 10.2. The van der Waals surface area contributed by atoms with Crippen molar-refractivity contribution >= 4 is 11.8 Å². The zero-order valence-electron chi connectivity index (χ0n) is 15.9.